The van der Waals surface area contributed by atoms with Crippen molar-refractivity contribution in [2.24, 2.45) is 0 Å². The highest BCUT2D eigenvalue weighted by atomic mass is 35.5. The SMILES string of the molecule is CC(=O)N1c2ccccc2-c2c([O-])nc(SCc3ccccc3Cl)n[n+]2C1c1cccc(OC2CCCC2)c1. The van der Waals surface area contributed by atoms with Gasteiger partial charge in [0.25, 0.3) is 17.0 Å². The third-order valence-electron chi connectivity index (χ3n) is 7.13. The van der Waals surface area contributed by atoms with Crippen LogP contribution >= 0.6 is 23.4 Å². The molecule has 2 aliphatic rings. The standard InChI is InChI=1S/C30H27ClN4O3S/c1-19(36)34-26-16-7-5-14-24(26)27-28(37)32-30(39-18-21-9-2-6-15-25(21)31)33-35(27)29(34)20-10-8-13-23(17-20)38-22-11-3-4-12-22/h2,5-10,13-17,22,29H,3-4,11-12,18H2,1H3. The van der Waals surface area contributed by atoms with E-state index >= 15 is 0 Å². The average molecular weight is 559 g/mol. The lowest BCUT2D eigenvalue weighted by Gasteiger charge is -2.33. The predicted octanol–water partition coefficient (Wildman–Crippen LogP) is 5.69. The third-order valence-corrected chi connectivity index (χ3v) is 8.39. The second kappa shape index (κ2) is 10.9. The number of carbonyl (C=O) groups excluding carboxylic acids is 1. The molecule has 0 N–H and O–H groups in total. The number of hydrogen-bond donors (Lipinski definition) is 0. The van der Waals surface area contributed by atoms with Gasteiger partial charge in [-0.2, -0.15) is 0 Å². The predicted molar refractivity (Wildman–Crippen MR) is 149 cm³/mol. The first-order valence-corrected chi connectivity index (χ1v) is 14.4. The molecule has 1 atom stereocenters. The van der Waals surface area contributed by atoms with Crippen molar-refractivity contribution in [1.82, 2.24) is 10.1 Å². The molecule has 2 heterocycles. The molecule has 1 saturated carbocycles. The molecule has 1 unspecified atom stereocenters. The number of hydrogen-bond acceptors (Lipinski definition) is 6. The van der Waals surface area contributed by atoms with Crippen molar-refractivity contribution in [3.8, 4) is 22.9 Å². The highest BCUT2D eigenvalue weighted by Crippen LogP contribution is 2.41. The number of ether oxygens (including phenoxy) is 1. The average Bonchev–Trinajstić information content (AvgIpc) is 3.44. The normalized spacial score (nSPS) is 16.6. The van der Waals surface area contributed by atoms with Crippen LogP contribution in [-0.2, 0) is 10.5 Å². The molecular formula is C30H27ClN4O3S. The number of benzene rings is 3. The van der Waals surface area contributed by atoms with Crippen molar-refractivity contribution in [2.45, 2.75) is 55.8 Å². The minimum Gasteiger partial charge on any atom is -0.854 e. The summed E-state index contributed by atoms with van der Waals surface area (Å²) in [4.78, 5) is 19.2. The smallest absolute Gasteiger partial charge is 0.293 e. The van der Waals surface area contributed by atoms with Crippen LogP contribution < -0.4 is 19.4 Å². The van der Waals surface area contributed by atoms with Crippen molar-refractivity contribution in [2.75, 3.05) is 4.90 Å². The van der Waals surface area contributed by atoms with Gasteiger partial charge in [0, 0.05) is 28.4 Å². The highest BCUT2D eigenvalue weighted by Gasteiger charge is 2.44. The Bertz CT molecular complexity index is 1540. The van der Waals surface area contributed by atoms with Gasteiger partial charge in [-0.1, -0.05) is 64.4 Å². The summed E-state index contributed by atoms with van der Waals surface area (Å²) in [5, 5.41) is 19.3. The van der Waals surface area contributed by atoms with Crippen molar-refractivity contribution < 1.29 is 19.3 Å². The Morgan fingerprint density at radius 1 is 1.10 bits per heavy atom. The number of amides is 1. The van der Waals surface area contributed by atoms with Crippen LogP contribution in [0.1, 0.15) is 49.9 Å². The lowest BCUT2D eigenvalue weighted by atomic mass is 10.0. The van der Waals surface area contributed by atoms with Crippen LogP contribution in [0.5, 0.6) is 11.6 Å². The number of nitrogens with zero attached hydrogens (tertiary/aromatic N) is 4. The van der Waals surface area contributed by atoms with E-state index in [9.17, 15) is 9.90 Å². The van der Waals surface area contributed by atoms with Gasteiger partial charge in [0.2, 0.25) is 5.91 Å². The van der Waals surface area contributed by atoms with E-state index < -0.39 is 12.0 Å². The van der Waals surface area contributed by atoms with Crippen LogP contribution in [0.3, 0.4) is 0 Å². The number of fused-ring (bicyclic) bond motifs is 3. The fourth-order valence-electron chi connectivity index (χ4n) is 5.34. The molecule has 7 nitrogen and oxygen atoms in total. The van der Waals surface area contributed by atoms with Gasteiger partial charge >= 0.3 is 0 Å². The van der Waals surface area contributed by atoms with Gasteiger partial charge in [0.15, 0.2) is 0 Å². The zero-order valence-electron chi connectivity index (χ0n) is 21.4. The molecule has 0 saturated heterocycles. The fourth-order valence-corrected chi connectivity index (χ4v) is 6.45. The van der Waals surface area contributed by atoms with Gasteiger partial charge in [-0.25, -0.2) is 9.88 Å². The molecule has 6 rings (SSSR count). The number of aromatic nitrogens is 3. The molecule has 9 heteroatoms. The Hall–Kier alpha value is -3.62. The first-order chi connectivity index (χ1) is 19.0. The number of para-hydroxylation sites is 1. The van der Waals surface area contributed by atoms with Crippen molar-refractivity contribution >= 4 is 35.0 Å². The molecular weight excluding hydrogens is 532 g/mol. The topological polar surface area (TPSA) is 82.3 Å². The van der Waals surface area contributed by atoms with E-state index in [4.69, 9.17) is 21.4 Å². The maximum Gasteiger partial charge on any atom is 0.293 e. The molecule has 198 valence electrons. The molecule has 1 aliphatic heterocycles. The second-order valence-electron chi connectivity index (χ2n) is 9.75. The van der Waals surface area contributed by atoms with Crippen molar-refractivity contribution in [3.05, 3.63) is 88.9 Å². The largest absolute Gasteiger partial charge is 0.854 e. The number of anilines is 1. The molecule has 0 spiro atoms. The summed E-state index contributed by atoms with van der Waals surface area (Å²) in [6.45, 7) is 1.53. The lowest BCUT2D eigenvalue weighted by molar-refractivity contribution is -0.764. The Morgan fingerprint density at radius 3 is 2.67 bits per heavy atom. The summed E-state index contributed by atoms with van der Waals surface area (Å²) in [5.41, 5.74) is 3.33. The summed E-state index contributed by atoms with van der Waals surface area (Å²) in [7, 11) is 0. The molecule has 1 aromatic heterocycles. The van der Waals surface area contributed by atoms with E-state index in [1.807, 2.05) is 72.8 Å². The highest BCUT2D eigenvalue weighted by molar-refractivity contribution is 7.98. The Kier molecular flexibility index (Phi) is 7.14. The molecule has 1 amide bonds. The molecule has 0 bridgehead atoms. The zero-order valence-corrected chi connectivity index (χ0v) is 23.0. The van der Waals surface area contributed by atoms with E-state index in [-0.39, 0.29) is 12.0 Å². The van der Waals surface area contributed by atoms with E-state index in [0.29, 0.717) is 32.9 Å². The summed E-state index contributed by atoms with van der Waals surface area (Å²) < 4.78 is 7.92. The number of rotatable bonds is 6. The van der Waals surface area contributed by atoms with Gasteiger partial charge in [-0.05, 0) is 67.6 Å². The quantitative estimate of drug-likeness (QED) is 0.223. The summed E-state index contributed by atoms with van der Waals surface area (Å²) in [6.07, 6.45) is 3.93. The molecule has 4 aromatic rings. The molecule has 39 heavy (non-hydrogen) atoms. The maximum absolute atomic E-state index is 13.5. The zero-order chi connectivity index (χ0) is 26.9. The third kappa shape index (κ3) is 5.06. The van der Waals surface area contributed by atoms with Gasteiger partial charge in [-0.15, -0.1) is 0 Å². The van der Waals surface area contributed by atoms with E-state index in [2.05, 4.69) is 4.98 Å². The molecule has 1 fully saturated rings. The van der Waals surface area contributed by atoms with Crippen LogP contribution in [0.4, 0.5) is 5.69 Å². The number of thioether (sulfide) groups is 1. The van der Waals surface area contributed by atoms with Crippen LogP contribution in [0.2, 0.25) is 5.02 Å². The minimum absolute atomic E-state index is 0.163. The van der Waals surface area contributed by atoms with E-state index in [1.54, 1.807) is 9.58 Å². The number of halogens is 1. The Labute approximate surface area is 236 Å². The van der Waals surface area contributed by atoms with Gasteiger partial charge in [0.05, 0.1) is 23.2 Å². The van der Waals surface area contributed by atoms with Crippen molar-refractivity contribution in [3.63, 3.8) is 0 Å². The van der Waals surface area contributed by atoms with Gasteiger partial charge in [0.1, 0.15) is 5.75 Å². The molecule has 0 radical (unpaired) electrons. The minimum atomic E-state index is -0.685. The van der Waals surface area contributed by atoms with E-state index in [0.717, 1.165) is 29.7 Å². The summed E-state index contributed by atoms with van der Waals surface area (Å²) in [6, 6.07) is 22.7. The number of carbonyl (C=O) groups is 1. The van der Waals surface area contributed by atoms with Crippen LogP contribution in [0.15, 0.2) is 78.0 Å². The Balaban J connectivity index is 1.46. The first-order valence-electron chi connectivity index (χ1n) is 13.0. The Morgan fingerprint density at radius 2 is 1.87 bits per heavy atom. The van der Waals surface area contributed by atoms with Crippen molar-refractivity contribution in [1.29, 1.82) is 0 Å². The molecule has 1 aliphatic carbocycles. The van der Waals surface area contributed by atoms with Crippen LogP contribution in [0.25, 0.3) is 11.3 Å². The maximum atomic E-state index is 13.5. The van der Waals surface area contributed by atoms with Gasteiger partial charge in [-0.3, -0.25) is 4.79 Å². The molecule has 3 aromatic carbocycles. The van der Waals surface area contributed by atoms with Crippen LogP contribution in [0, 0.1) is 0 Å². The van der Waals surface area contributed by atoms with E-state index in [1.165, 1.54) is 31.5 Å². The summed E-state index contributed by atoms with van der Waals surface area (Å²) >= 11 is 7.68. The van der Waals surface area contributed by atoms with Crippen LogP contribution in [-0.4, -0.2) is 22.1 Å². The first kappa shape index (κ1) is 25.6. The van der Waals surface area contributed by atoms with Gasteiger partial charge < -0.3 is 9.84 Å². The lowest BCUT2D eigenvalue weighted by Crippen LogP contribution is -2.58. The fraction of sp³-hybridized carbons (Fsp3) is 0.267. The monoisotopic (exact) mass is 558 g/mol. The second-order valence-corrected chi connectivity index (χ2v) is 11.1. The summed E-state index contributed by atoms with van der Waals surface area (Å²) in [5.74, 6) is 0.684.